The minimum atomic E-state index is -0.297. The Kier molecular flexibility index (Phi) is 3.59. The maximum Gasteiger partial charge on any atom is 0.0568 e. The second-order valence-electron chi connectivity index (χ2n) is 4.51. The highest BCUT2D eigenvalue weighted by Crippen LogP contribution is 2.20. The molecule has 3 nitrogen and oxygen atoms in total. The van der Waals surface area contributed by atoms with Crippen LogP contribution in [0.1, 0.15) is 26.3 Å². The van der Waals surface area contributed by atoms with E-state index in [-0.39, 0.29) is 12.1 Å². The molecule has 0 saturated carbocycles. The third kappa shape index (κ3) is 2.94. The topological polar surface area (TPSA) is 38.0 Å². The maximum atomic E-state index is 9.37. The van der Waals surface area contributed by atoms with Gasteiger partial charge in [0, 0.05) is 11.8 Å². The predicted molar refractivity (Wildman–Crippen MR) is 68.7 cm³/mol. The van der Waals surface area contributed by atoms with Crippen molar-refractivity contribution >= 4 is 0 Å². The minimum Gasteiger partial charge on any atom is -0.393 e. The summed E-state index contributed by atoms with van der Waals surface area (Å²) in [6.45, 7) is 3.87. The van der Waals surface area contributed by atoms with Gasteiger partial charge in [0.05, 0.1) is 18.3 Å². The van der Waals surface area contributed by atoms with Crippen LogP contribution in [0.3, 0.4) is 0 Å². The van der Waals surface area contributed by atoms with E-state index in [2.05, 4.69) is 24.2 Å². The zero-order valence-electron chi connectivity index (χ0n) is 10.2. The van der Waals surface area contributed by atoms with E-state index >= 15 is 0 Å². The van der Waals surface area contributed by atoms with Crippen molar-refractivity contribution in [3.8, 4) is 11.1 Å². The summed E-state index contributed by atoms with van der Waals surface area (Å²) in [7, 11) is 0. The lowest BCUT2D eigenvalue weighted by Crippen LogP contribution is -2.12. The molecule has 2 atom stereocenters. The summed E-state index contributed by atoms with van der Waals surface area (Å²) >= 11 is 0. The molecule has 1 heterocycles. The lowest BCUT2D eigenvalue weighted by molar-refractivity contribution is 0.162. The van der Waals surface area contributed by atoms with Crippen molar-refractivity contribution in [1.82, 2.24) is 9.78 Å². The van der Waals surface area contributed by atoms with Crippen molar-refractivity contribution in [3.63, 3.8) is 0 Å². The highest BCUT2D eigenvalue weighted by molar-refractivity contribution is 5.61. The Morgan fingerprint density at radius 1 is 1.18 bits per heavy atom. The number of hydrogen-bond acceptors (Lipinski definition) is 2. The number of hydrogen-bond donors (Lipinski definition) is 1. The molecule has 3 heteroatoms. The average Bonchev–Trinajstić information content (AvgIpc) is 2.78. The molecule has 0 aliphatic heterocycles. The van der Waals surface area contributed by atoms with Crippen LogP contribution in [-0.4, -0.2) is 21.0 Å². The summed E-state index contributed by atoms with van der Waals surface area (Å²) in [6.07, 6.45) is 4.32. The Balaban J connectivity index is 2.16. The molecule has 1 N–H and O–H groups in total. The molecule has 0 aliphatic rings. The molecular weight excluding hydrogens is 212 g/mol. The standard InChI is InChI=1S/C14H18N2O/c1-11(8-12(2)17)16-10-14(9-15-16)13-6-4-3-5-7-13/h3-7,9-12,17H,8H2,1-2H3. The summed E-state index contributed by atoms with van der Waals surface area (Å²) in [5, 5.41) is 13.7. The zero-order valence-corrected chi connectivity index (χ0v) is 10.2. The monoisotopic (exact) mass is 230 g/mol. The SMILES string of the molecule is CC(O)CC(C)n1cc(-c2ccccc2)cn1. The molecule has 2 unspecified atom stereocenters. The molecule has 1 aromatic heterocycles. The van der Waals surface area contributed by atoms with Gasteiger partial charge in [-0.2, -0.15) is 5.10 Å². The second kappa shape index (κ2) is 5.15. The second-order valence-corrected chi connectivity index (χ2v) is 4.51. The number of rotatable bonds is 4. The molecule has 0 spiro atoms. The number of aliphatic hydroxyl groups excluding tert-OH is 1. The van der Waals surface area contributed by atoms with Crippen LogP contribution in [0.2, 0.25) is 0 Å². The molecule has 2 rings (SSSR count). The fourth-order valence-electron chi connectivity index (χ4n) is 1.96. The predicted octanol–water partition coefficient (Wildman–Crippen LogP) is 2.88. The van der Waals surface area contributed by atoms with E-state index in [1.54, 1.807) is 6.92 Å². The first-order valence-corrected chi connectivity index (χ1v) is 5.94. The lowest BCUT2D eigenvalue weighted by Gasteiger charge is -2.13. The molecule has 0 fully saturated rings. The quantitative estimate of drug-likeness (QED) is 0.877. The van der Waals surface area contributed by atoms with E-state index in [1.165, 1.54) is 5.56 Å². The Bertz CT molecular complexity index is 462. The summed E-state index contributed by atoms with van der Waals surface area (Å²) in [5.74, 6) is 0. The minimum absolute atomic E-state index is 0.215. The van der Waals surface area contributed by atoms with E-state index < -0.39 is 0 Å². The van der Waals surface area contributed by atoms with Crippen molar-refractivity contribution in [2.45, 2.75) is 32.4 Å². The Morgan fingerprint density at radius 2 is 1.88 bits per heavy atom. The molecular formula is C14H18N2O. The van der Waals surface area contributed by atoms with Crippen LogP contribution in [0.5, 0.6) is 0 Å². The van der Waals surface area contributed by atoms with Crippen molar-refractivity contribution < 1.29 is 5.11 Å². The van der Waals surface area contributed by atoms with Crippen LogP contribution in [0.4, 0.5) is 0 Å². The van der Waals surface area contributed by atoms with E-state index in [0.717, 1.165) is 12.0 Å². The van der Waals surface area contributed by atoms with E-state index in [4.69, 9.17) is 0 Å². The maximum absolute atomic E-state index is 9.37. The van der Waals surface area contributed by atoms with Gasteiger partial charge in [0.1, 0.15) is 0 Å². The van der Waals surface area contributed by atoms with Crippen molar-refractivity contribution in [1.29, 1.82) is 0 Å². The summed E-state index contributed by atoms with van der Waals surface area (Å²) < 4.78 is 1.91. The smallest absolute Gasteiger partial charge is 0.0568 e. The van der Waals surface area contributed by atoms with Gasteiger partial charge in [-0.1, -0.05) is 30.3 Å². The zero-order chi connectivity index (χ0) is 12.3. The lowest BCUT2D eigenvalue weighted by atomic mass is 10.1. The van der Waals surface area contributed by atoms with Crippen molar-refractivity contribution in [2.24, 2.45) is 0 Å². The third-order valence-corrected chi connectivity index (χ3v) is 2.84. The summed E-state index contributed by atoms with van der Waals surface area (Å²) in [6, 6.07) is 10.4. The molecule has 0 radical (unpaired) electrons. The van der Waals surface area contributed by atoms with Crippen LogP contribution in [-0.2, 0) is 0 Å². The van der Waals surface area contributed by atoms with Crippen LogP contribution < -0.4 is 0 Å². The Hall–Kier alpha value is -1.61. The summed E-state index contributed by atoms with van der Waals surface area (Å²) in [4.78, 5) is 0. The van der Waals surface area contributed by atoms with Gasteiger partial charge in [-0.3, -0.25) is 4.68 Å². The van der Waals surface area contributed by atoms with Crippen molar-refractivity contribution in [3.05, 3.63) is 42.7 Å². The Morgan fingerprint density at radius 3 is 2.53 bits per heavy atom. The molecule has 17 heavy (non-hydrogen) atoms. The van der Waals surface area contributed by atoms with Gasteiger partial charge in [0.15, 0.2) is 0 Å². The molecule has 0 aliphatic carbocycles. The van der Waals surface area contributed by atoms with Gasteiger partial charge in [-0.15, -0.1) is 0 Å². The summed E-state index contributed by atoms with van der Waals surface area (Å²) in [5.41, 5.74) is 2.28. The highest BCUT2D eigenvalue weighted by atomic mass is 16.3. The van der Waals surface area contributed by atoms with Gasteiger partial charge in [0.25, 0.3) is 0 Å². The molecule has 1 aromatic carbocycles. The third-order valence-electron chi connectivity index (χ3n) is 2.84. The largest absolute Gasteiger partial charge is 0.393 e. The van der Waals surface area contributed by atoms with Gasteiger partial charge in [0.2, 0.25) is 0 Å². The Labute approximate surface area is 102 Å². The average molecular weight is 230 g/mol. The van der Waals surface area contributed by atoms with Crippen LogP contribution in [0.15, 0.2) is 42.7 Å². The highest BCUT2D eigenvalue weighted by Gasteiger charge is 2.10. The number of aromatic nitrogens is 2. The number of aliphatic hydroxyl groups is 1. The van der Waals surface area contributed by atoms with Crippen molar-refractivity contribution in [2.75, 3.05) is 0 Å². The number of benzene rings is 1. The van der Waals surface area contributed by atoms with Crippen LogP contribution >= 0.6 is 0 Å². The molecule has 90 valence electrons. The first-order chi connectivity index (χ1) is 8.16. The van der Waals surface area contributed by atoms with Gasteiger partial charge in [-0.05, 0) is 25.8 Å². The normalized spacial score (nSPS) is 14.5. The van der Waals surface area contributed by atoms with E-state index in [0.29, 0.717) is 0 Å². The van der Waals surface area contributed by atoms with Crippen LogP contribution in [0, 0.1) is 0 Å². The first-order valence-electron chi connectivity index (χ1n) is 5.94. The molecule has 0 bridgehead atoms. The molecule has 2 aromatic rings. The first kappa shape index (κ1) is 11.9. The number of nitrogens with zero attached hydrogens (tertiary/aromatic N) is 2. The molecule has 0 amide bonds. The van der Waals surface area contributed by atoms with Crippen LogP contribution in [0.25, 0.3) is 11.1 Å². The fourth-order valence-corrected chi connectivity index (χ4v) is 1.96. The van der Waals surface area contributed by atoms with Gasteiger partial charge in [-0.25, -0.2) is 0 Å². The van der Waals surface area contributed by atoms with E-state index in [1.807, 2.05) is 35.3 Å². The van der Waals surface area contributed by atoms with Gasteiger partial charge >= 0.3 is 0 Å². The molecule has 0 saturated heterocycles. The van der Waals surface area contributed by atoms with Gasteiger partial charge < -0.3 is 5.11 Å². The fraction of sp³-hybridized carbons (Fsp3) is 0.357. The van der Waals surface area contributed by atoms with E-state index in [9.17, 15) is 5.11 Å².